The summed E-state index contributed by atoms with van der Waals surface area (Å²) in [5.74, 6) is 6.67. The van der Waals surface area contributed by atoms with Crippen LogP contribution in [0.4, 0.5) is 0 Å². The Morgan fingerprint density at radius 2 is 2.30 bits per heavy atom. The Balaban J connectivity index is 2.03. The molecule has 20 heavy (non-hydrogen) atoms. The maximum Gasteiger partial charge on any atom is 0.262 e. The molecular weight excluding hydrogens is 270 g/mol. The van der Waals surface area contributed by atoms with E-state index in [4.69, 9.17) is 5.11 Å². The molecule has 0 bridgehead atoms. The molecule has 1 fully saturated rings. The van der Waals surface area contributed by atoms with E-state index in [0.29, 0.717) is 16.4 Å². The van der Waals surface area contributed by atoms with Gasteiger partial charge in [0.05, 0.1) is 0 Å². The number of aliphatic hydroxyl groups is 1. The summed E-state index contributed by atoms with van der Waals surface area (Å²) < 4.78 is 0. The molecule has 1 aliphatic carbocycles. The summed E-state index contributed by atoms with van der Waals surface area (Å²) >= 11 is 1.40. The number of rotatable bonds is 2. The molecule has 2 N–H and O–H groups in total. The number of nitrogens with one attached hydrogen (secondary N) is 1. The number of hydrogen-bond acceptors (Lipinski definition) is 3. The quantitative estimate of drug-likeness (QED) is 0.823. The fraction of sp³-hybridized carbons (Fsp3) is 0.562. The van der Waals surface area contributed by atoms with Crippen LogP contribution in [0.2, 0.25) is 0 Å². The Morgan fingerprint density at radius 1 is 1.50 bits per heavy atom. The third-order valence-electron chi connectivity index (χ3n) is 3.92. The molecule has 2 rings (SSSR count). The zero-order valence-electron chi connectivity index (χ0n) is 12.0. The lowest BCUT2D eigenvalue weighted by Crippen LogP contribution is -2.42. The van der Waals surface area contributed by atoms with Gasteiger partial charge in [-0.3, -0.25) is 4.79 Å². The summed E-state index contributed by atoms with van der Waals surface area (Å²) in [4.78, 5) is 13.0. The number of carbonyl (C=O) groups excluding carboxylic acids is 1. The molecule has 1 aromatic heterocycles. The molecule has 3 atom stereocenters. The van der Waals surface area contributed by atoms with Gasteiger partial charge in [0.15, 0.2) is 0 Å². The number of amides is 1. The first kappa shape index (κ1) is 15.1. The normalized spacial score (nSPS) is 25.6. The van der Waals surface area contributed by atoms with E-state index in [0.717, 1.165) is 12.3 Å². The van der Waals surface area contributed by atoms with Gasteiger partial charge in [-0.1, -0.05) is 25.7 Å². The molecule has 3 nitrogen and oxygen atoms in total. The standard InChI is InChI=1S/C16H21NO2S/c1-11-5-6-14(12(2)10-11)17-16(19)15-13(4-3-8-18)7-9-20-15/h7,9,11-12,14,18H,5-6,8,10H2,1-2H3,(H,17,19). The number of aliphatic hydroxyl groups excluding tert-OH is 1. The van der Waals surface area contributed by atoms with E-state index >= 15 is 0 Å². The van der Waals surface area contributed by atoms with Gasteiger partial charge in [-0.2, -0.15) is 0 Å². The molecule has 0 aromatic carbocycles. The van der Waals surface area contributed by atoms with Crippen LogP contribution in [0.1, 0.15) is 48.3 Å². The molecule has 0 saturated heterocycles. The minimum atomic E-state index is -0.186. The molecule has 1 aromatic rings. The first-order chi connectivity index (χ1) is 9.61. The van der Waals surface area contributed by atoms with Gasteiger partial charge in [0.2, 0.25) is 0 Å². The van der Waals surface area contributed by atoms with Crippen LogP contribution in [-0.2, 0) is 0 Å². The van der Waals surface area contributed by atoms with Crippen molar-refractivity contribution >= 4 is 17.2 Å². The Bertz CT molecular complexity index is 526. The summed E-state index contributed by atoms with van der Waals surface area (Å²) in [5.41, 5.74) is 0.707. The maximum absolute atomic E-state index is 12.4. The first-order valence-electron chi connectivity index (χ1n) is 7.10. The minimum Gasteiger partial charge on any atom is -0.384 e. The monoisotopic (exact) mass is 291 g/mol. The number of carbonyl (C=O) groups is 1. The zero-order chi connectivity index (χ0) is 14.5. The number of hydrogen-bond donors (Lipinski definition) is 2. The summed E-state index contributed by atoms with van der Waals surface area (Å²) in [6.45, 7) is 4.30. The van der Waals surface area contributed by atoms with Crippen molar-refractivity contribution in [1.82, 2.24) is 5.32 Å². The summed E-state index contributed by atoms with van der Waals surface area (Å²) in [6, 6.07) is 2.09. The highest BCUT2D eigenvalue weighted by Crippen LogP contribution is 2.29. The van der Waals surface area contributed by atoms with Gasteiger partial charge in [-0.25, -0.2) is 0 Å². The van der Waals surface area contributed by atoms with Gasteiger partial charge in [0.1, 0.15) is 11.5 Å². The largest absolute Gasteiger partial charge is 0.384 e. The van der Waals surface area contributed by atoms with E-state index in [1.807, 2.05) is 11.4 Å². The summed E-state index contributed by atoms with van der Waals surface area (Å²) in [5, 5.41) is 13.8. The van der Waals surface area contributed by atoms with Crippen LogP contribution in [-0.4, -0.2) is 23.7 Å². The van der Waals surface area contributed by atoms with Crippen molar-refractivity contribution in [3.63, 3.8) is 0 Å². The van der Waals surface area contributed by atoms with Crippen LogP contribution in [0.15, 0.2) is 11.4 Å². The highest BCUT2D eigenvalue weighted by Gasteiger charge is 2.27. The summed E-state index contributed by atoms with van der Waals surface area (Å²) in [7, 11) is 0. The van der Waals surface area contributed by atoms with Crippen LogP contribution in [0.5, 0.6) is 0 Å². The van der Waals surface area contributed by atoms with Crippen molar-refractivity contribution in [2.24, 2.45) is 11.8 Å². The van der Waals surface area contributed by atoms with Gasteiger partial charge >= 0.3 is 0 Å². The molecular formula is C16H21NO2S. The average Bonchev–Trinajstić information content (AvgIpc) is 2.88. The lowest BCUT2D eigenvalue weighted by Gasteiger charge is -2.33. The molecule has 1 saturated carbocycles. The Morgan fingerprint density at radius 3 is 3.00 bits per heavy atom. The van der Waals surface area contributed by atoms with Gasteiger partial charge in [-0.15, -0.1) is 11.3 Å². The molecule has 1 heterocycles. The van der Waals surface area contributed by atoms with E-state index in [1.54, 1.807) is 0 Å². The molecule has 4 heteroatoms. The lowest BCUT2D eigenvalue weighted by atomic mass is 9.80. The van der Waals surface area contributed by atoms with Gasteiger partial charge in [0.25, 0.3) is 5.91 Å². The lowest BCUT2D eigenvalue weighted by molar-refractivity contribution is 0.0903. The van der Waals surface area contributed by atoms with Crippen LogP contribution in [0, 0.1) is 23.7 Å². The van der Waals surface area contributed by atoms with Crippen LogP contribution >= 0.6 is 11.3 Å². The van der Waals surface area contributed by atoms with Gasteiger partial charge < -0.3 is 10.4 Å². The smallest absolute Gasteiger partial charge is 0.262 e. The second-order valence-corrected chi connectivity index (χ2v) is 6.51. The van der Waals surface area contributed by atoms with E-state index in [9.17, 15) is 4.79 Å². The van der Waals surface area contributed by atoms with Crippen LogP contribution in [0.25, 0.3) is 0 Å². The topological polar surface area (TPSA) is 49.3 Å². The highest BCUT2D eigenvalue weighted by molar-refractivity contribution is 7.12. The second-order valence-electron chi connectivity index (χ2n) is 5.60. The highest BCUT2D eigenvalue weighted by atomic mass is 32.1. The molecule has 108 valence electrons. The molecule has 0 radical (unpaired) electrons. The SMILES string of the molecule is CC1CCC(NC(=O)c2sccc2C#CCO)C(C)C1. The fourth-order valence-corrected chi connectivity index (χ4v) is 3.58. The molecule has 3 unspecified atom stereocenters. The van der Waals surface area contributed by atoms with Crippen molar-refractivity contribution in [2.45, 2.75) is 39.2 Å². The van der Waals surface area contributed by atoms with E-state index in [-0.39, 0.29) is 18.6 Å². The molecule has 0 aliphatic heterocycles. The van der Waals surface area contributed by atoms with Crippen LogP contribution < -0.4 is 5.32 Å². The third kappa shape index (κ3) is 3.62. The first-order valence-corrected chi connectivity index (χ1v) is 7.98. The second kappa shape index (κ2) is 6.92. The van der Waals surface area contributed by atoms with E-state index in [1.165, 1.54) is 24.2 Å². The van der Waals surface area contributed by atoms with Gasteiger partial charge in [-0.05, 0) is 42.5 Å². The Labute approximate surface area is 124 Å². The Hall–Kier alpha value is -1.31. The predicted molar refractivity (Wildman–Crippen MR) is 81.7 cm³/mol. The number of thiophene rings is 1. The van der Waals surface area contributed by atoms with Crippen molar-refractivity contribution in [2.75, 3.05) is 6.61 Å². The molecule has 0 spiro atoms. The van der Waals surface area contributed by atoms with E-state index in [2.05, 4.69) is 31.0 Å². The average molecular weight is 291 g/mol. The predicted octanol–water partition coefficient (Wildman–Crippen LogP) is 2.65. The molecule has 1 amide bonds. The minimum absolute atomic E-state index is 0.0337. The van der Waals surface area contributed by atoms with Crippen molar-refractivity contribution in [3.8, 4) is 11.8 Å². The van der Waals surface area contributed by atoms with Crippen molar-refractivity contribution < 1.29 is 9.90 Å². The van der Waals surface area contributed by atoms with E-state index < -0.39 is 0 Å². The fourth-order valence-electron chi connectivity index (χ4n) is 2.83. The van der Waals surface area contributed by atoms with Crippen molar-refractivity contribution in [1.29, 1.82) is 0 Å². The third-order valence-corrected chi connectivity index (χ3v) is 4.83. The maximum atomic E-state index is 12.4. The zero-order valence-corrected chi connectivity index (χ0v) is 12.8. The summed E-state index contributed by atoms with van der Waals surface area (Å²) in [6.07, 6.45) is 3.40. The van der Waals surface area contributed by atoms with Crippen LogP contribution in [0.3, 0.4) is 0 Å². The van der Waals surface area contributed by atoms with Gasteiger partial charge in [0, 0.05) is 11.6 Å². The van der Waals surface area contributed by atoms with Crippen molar-refractivity contribution in [3.05, 3.63) is 21.9 Å². The Kier molecular flexibility index (Phi) is 5.22. The molecule has 1 aliphatic rings.